The zero-order chi connectivity index (χ0) is 11.4. The zero-order valence-electron chi connectivity index (χ0n) is 8.98. The first kappa shape index (κ1) is 11.4. The van der Waals surface area contributed by atoms with Crippen molar-refractivity contribution >= 4 is 5.97 Å². The molecule has 0 aliphatic carbocycles. The molecule has 0 saturated carbocycles. The third-order valence-electron chi connectivity index (χ3n) is 2.28. The van der Waals surface area contributed by atoms with Crippen LogP contribution in [0.4, 0.5) is 0 Å². The van der Waals surface area contributed by atoms with Crippen LogP contribution in [-0.4, -0.2) is 25.3 Å². The van der Waals surface area contributed by atoms with Gasteiger partial charge in [-0.3, -0.25) is 4.79 Å². The van der Waals surface area contributed by atoms with Crippen LogP contribution in [0.5, 0.6) is 11.5 Å². The van der Waals surface area contributed by atoms with E-state index in [1.807, 2.05) is 0 Å². The van der Waals surface area contributed by atoms with Crippen LogP contribution in [0.2, 0.25) is 0 Å². The Hall–Kier alpha value is -1.71. The van der Waals surface area contributed by atoms with E-state index in [9.17, 15) is 4.79 Å². The number of hydrogen-bond acceptors (Lipinski definition) is 3. The maximum absolute atomic E-state index is 10.8. The van der Waals surface area contributed by atoms with E-state index in [0.29, 0.717) is 17.1 Å². The van der Waals surface area contributed by atoms with Gasteiger partial charge in [-0.2, -0.15) is 0 Å². The van der Waals surface area contributed by atoms with Gasteiger partial charge < -0.3 is 14.6 Å². The predicted molar refractivity (Wildman–Crippen MR) is 55.6 cm³/mol. The van der Waals surface area contributed by atoms with Crippen LogP contribution in [0.15, 0.2) is 18.2 Å². The third-order valence-corrected chi connectivity index (χ3v) is 2.28. The molecule has 0 amide bonds. The van der Waals surface area contributed by atoms with Crippen LogP contribution in [-0.2, 0) is 4.79 Å². The van der Waals surface area contributed by atoms with E-state index in [-0.39, 0.29) is 0 Å². The van der Waals surface area contributed by atoms with Crippen molar-refractivity contribution in [2.75, 3.05) is 14.2 Å². The summed E-state index contributed by atoms with van der Waals surface area (Å²) in [4.78, 5) is 10.8. The van der Waals surface area contributed by atoms with Crippen LogP contribution in [0.1, 0.15) is 18.4 Å². The summed E-state index contributed by atoms with van der Waals surface area (Å²) in [7, 11) is 3.06. The van der Waals surface area contributed by atoms with Crippen molar-refractivity contribution in [2.45, 2.75) is 12.8 Å². The van der Waals surface area contributed by atoms with Crippen molar-refractivity contribution in [1.29, 1.82) is 0 Å². The molecular weight excluding hydrogens is 196 g/mol. The molecule has 1 aromatic rings. The second kappa shape index (κ2) is 4.68. The highest BCUT2D eigenvalue weighted by molar-refractivity contribution is 5.76. The Labute approximate surface area is 88.4 Å². The van der Waals surface area contributed by atoms with Crippen LogP contribution in [0, 0.1) is 0 Å². The first-order valence-electron chi connectivity index (χ1n) is 4.55. The monoisotopic (exact) mass is 210 g/mol. The SMILES string of the molecule is COc1ccc([C@@H](C)C(=O)O)c(OC)c1. The molecule has 0 fully saturated rings. The van der Waals surface area contributed by atoms with Crippen molar-refractivity contribution < 1.29 is 19.4 Å². The maximum Gasteiger partial charge on any atom is 0.310 e. The standard InChI is InChI=1S/C11H14O4/c1-7(11(12)13)9-5-4-8(14-2)6-10(9)15-3/h4-7H,1-3H3,(H,12,13)/t7-/m1/s1. The van der Waals surface area contributed by atoms with Gasteiger partial charge in [0.05, 0.1) is 20.1 Å². The summed E-state index contributed by atoms with van der Waals surface area (Å²) in [6.07, 6.45) is 0. The lowest BCUT2D eigenvalue weighted by atomic mass is 10.0. The van der Waals surface area contributed by atoms with Gasteiger partial charge in [0.1, 0.15) is 11.5 Å². The average Bonchev–Trinajstić information content (AvgIpc) is 2.27. The smallest absolute Gasteiger partial charge is 0.310 e. The summed E-state index contributed by atoms with van der Waals surface area (Å²) in [6.45, 7) is 1.62. The summed E-state index contributed by atoms with van der Waals surface area (Å²) in [5.41, 5.74) is 0.644. The van der Waals surface area contributed by atoms with Crippen LogP contribution >= 0.6 is 0 Å². The number of carboxylic acid groups (broad SMARTS) is 1. The van der Waals surface area contributed by atoms with Gasteiger partial charge in [-0.1, -0.05) is 6.07 Å². The molecule has 0 aliphatic rings. The van der Waals surface area contributed by atoms with Crippen molar-refractivity contribution in [3.05, 3.63) is 23.8 Å². The molecule has 82 valence electrons. The molecule has 0 unspecified atom stereocenters. The van der Waals surface area contributed by atoms with Crippen molar-refractivity contribution in [1.82, 2.24) is 0 Å². The lowest BCUT2D eigenvalue weighted by Gasteiger charge is -2.13. The van der Waals surface area contributed by atoms with Crippen molar-refractivity contribution in [3.63, 3.8) is 0 Å². The van der Waals surface area contributed by atoms with Gasteiger partial charge in [-0.05, 0) is 13.0 Å². The number of carboxylic acids is 1. The van der Waals surface area contributed by atoms with Gasteiger partial charge in [-0.25, -0.2) is 0 Å². The van der Waals surface area contributed by atoms with E-state index in [0.717, 1.165) is 0 Å². The minimum atomic E-state index is -0.876. The zero-order valence-corrected chi connectivity index (χ0v) is 8.98. The normalized spacial score (nSPS) is 11.9. The largest absolute Gasteiger partial charge is 0.497 e. The fourth-order valence-corrected chi connectivity index (χ4v) is 1.31. The molecule has 0 heterocycles. The summed E-state index contributed by atoms with van der Waals surface area (Å²) in [5, 5.41) is 8.90. The lowest BCUT2D eigenvalue weighted by molar-refractivity contribution is -0.138. The number of ether oxygens (including phenoxy) is 2. The molecule has 15 heavy (non-hydrogen) atoms. The van der Waals surface area contributed by atoms with Gasteiger partial charge in [0, 0.05) is 11.6 Å². The van der Waals surface area contributed by atoms with E-state index >= 15 is 0 Å². The third kappa shape index (κ3) is 2.40. The van der Waals surface area contributed by atoms with E-state index in [1.54, 1.807) is 32.2 Å². The topological polar surface area (TPSA) is 55.8 Å². The molecule has 0 bridgehead atoms. The first-order valence-corrected chi connectivity index (χ1v) is 4.55. The fourth-order valence-electron chi connectivity index (χ4n) is 1.31. The molecule has 1 rings (SSSR count). The summed E-state index contributed by atoms with van der Waals surface area (Å²) in [5.74, 6) is -0.290. The summed E-state index contributed by atoms with van der Waals surface area (Å²) >= 11 is 0. The van der Waals surface area contributed by atoms with Gasteiger partial charge in [0.2, 0.25) is 0 Å². The number of methoxy groups -OCH3 is 2. The molecule has 0 saturated heterocycles. The Bertz CT molecular complexity index is 360. The Morgan fingerprint density at radius 2 is 2.00 bits per heavy atom. The van der Waals surface area contributed by atoms with Gasteiger partial charge in [-0.15, -0.1) is 0 Å². The number of rotatable bonds is 4. The molecule has 4 heteroatoms. The molecule has 0 aliphatic heterocycles. The molecule has 0 aromatic heterocycles. The Kier molecular flexibility index (Phi) is 3.55. The van der Waals surface area contributed by atoms with Crippen LogP contribution < -0.4 is 9.47 Å². The summed E-state index contributed by atoms with van der Waals surface area (Å²) in [6, 6.07) is 5.10. The van der Waals surface area contributed by atoms with Crippen molar-refractivity contribution in [2.24, 2.45) is 0 Å². The number of benzene rings is 1. The Morgan fingerprint density at radius 1 is 1.33 bits per heavy atom. The molecule has 0 spiro atoms. The minimum absolute atomic E-state index is 0.532. The van der Waals surface area contributed by atoms with Crippen LogP contribution in [0.25, 0.3) is 0 Å². The summed E-state index contributed by atoms with van der Waals surface area (Å²) < 4.78 is 10.1. The van der Waals surface area contributed by atoms with Gasteiger partial charge in [0.15, 0.2) is 0 Å². The second-order valence-electron chi connectivity index (χ2n) is 3.17. The molecular formula is C11H14O4. The average molecular weight is 210 g/mol. The highest BCUT2D eigenvalue weighted by atomic mass is 16.5. The van der Waals surface area contributed by atoms with E-state index in [1.165, 1.54) is 7.11 Å². The Morgan fingerprint density at radius 3 is 2.47 bits per heavy atom. The maximum atomic E-state index is 10.8. The highest BCUT2D eigenvalue weighted by Crippen LogP contribution is 2.30. The van der Waals surface area contributed by atoms with Crippen LogP contribution in [0.3, 0.4) is 0 Å². The van der Waals surface area contributed by atoms with E-state index in [2.05, 4.69) is 0 Å². The van der Waals surface area contributed by atoms with Gasteiger partial charge >= 0.3 is 5.97 Å². The minimum Gasteiger partial charge on any atom is -0.497 e. The molecule has 1 atom stereocenters. The Balaban J connectivity index is 3.12. The first-order chi connectivity index (χ1) is 7.10. The van der Waals surface area contributed by atoms with Crippen molar-refractivity contribution in [3.8, 4) is 11.5 Å². The molecule has 1 aromatic carbocycles. The molecule has 1 N–H and O–H groups in total. The van der Waals surface area contributed by atoms with E-state index < -0.39 is 11.9 Å². The second-order valence-corrected chi connectivity index (χ2v) is 3.17. The quantitative estimate of drug-likeness (QED) is 0.824. The number of carbonyl (C=O) groups is 1. The molecule has 4 nitrogen and oxygen atoms in total. The lowest BCUT2D eigenvalue weighted by Crippen LogP contribution is -2.08. The predicted octanol–water partition coefficient (Wildman–Crippen LogP) is 1.89. The number of aliphatic carboxylic acids is 1. The fraction of sp³-hybridized carbons (Fsp3) is 0.364. The van der Waals surface area contributed by atoms with E-state index in [4.69, 9.17) is 14.6 Å². The van der Waals surface area contributed by atoms with Gasteiger partial charge in [0.25, 0.3) is 0 Å². The number of hydrogen-bond donors (Lipinski definition) is 1. The highest BCUT2D eigenvalue weighted by Gasteiger charge is 2.18. The molecule has 0 radical (unpaired) electrons.